The predicted octanol–water partition coefficient (Wildman–Crippen LogP) is -0.244. The molecule has 0 radical (unpaired) electrons. The minimum Gasteiger partial charge on any atom is -0.481 e. The fourth-order valence-corrected chi connectivity index (χ4v) is 1.44. The van der Waals surface area contributed by atoms with Gasteiger partial charge in [-0.2, -0.15) is 0 Å². The molecule has 0 heterocycles. The van der Waals surface area contributed by atoms with E-state index in [9.17, 15) is 4.79 Å². The Balaban J connectivity index is 3.02. The summed E-state index contributed by atoms with van der Waals surface area (Å²) in [5, 5.41) is 26.3. The Morgan fingerprint density at radius 2 is 2.07 bits per heavy atom. The predicted molar refractivity (Wildman–Crippen MR) is 55.3 cm³/mol. The highest BCUT2D eigenvalue weighted by molar-refractivity contribution is 9.10. The molecule has 0 saturated heterocycles. The van der Waals surface area contributed by atoms with Crippen LogP contribution in [0.5, 0.6) is 0 Å². The summed E-state index contributed by atoms with van der Waals surface area (Å²) in [6.07, 6.45) is -0.152. The first-order valence-electron chi connectivity index (χ1n) is 3.87. The molecule has 0 spiro atoms. The number of aliphatic carboxylic acids is 1. The van der Waals surface area contributed by atoms with E-state index in [1.165, 1.54) is 12.1 Å². The van der Waals surface area contributed by atoms with Gasteiger partial charge in [0.25, 0.3) is 0 Å². The van der Waals surface area contributed by atoms with Gasteiger partial charge in [-0.1, -0.05) is 28.1 Å². The highest BCUT2D eigenvalue weighted by Gasteiger charge is 2.13. The zero-order valence-electron chi connectivity index (χ0n) is 7.14. The molecule has 0 amide bonds. The van der Waals surface area contributed by atoms with Crippen LogP contribution in [0.4, 0.5) is 0 Å². The summed E-state index contributed by atoms with van der Waals surface area (Å²) in [4.78, 5) is 10.5. The lowest BCUT2D eigenvalue weighted by Crippen LogP contribution is -2.30. The van der Waals surface area contributed by atoms with Crippen LogP contribution in [0.2, 0.25) is 0 Å². The number of carbonyl (C=O) groups is 1. The fraction of sp³-hybridized carbons (Fsp3) is 0.125. The van der Waals surface area contributed by atoms with E-state index in [4.69, 9.17) is 15.2 Å². The van der Waals surface area contributed by atoms with Crippen molar-refractivity contribution < 1.29 is 19.9 Å². The average Bonchev–Trinajstić information content (AvgIpc) is 2.07. The van der Waals surface area contributed by atoms with Gasteiger partial charge in [-0.25, -0.2) is 0 Å². The van der Waals surface area contributed by atoms with Crippen molar-refractivity contribution >= 4 is 34.5 Å². The number of carboxylic acid groups (broad SMARTS) is 1. The van der Waals surface area contributed by atoms with Crippen LogP contribution >= 0.6 is 15.9 Å². The van der Waals surface area contributed by atoms with E-state index >= 15 is 0 Å². The third-order valence-electron chi connectivity index (χ3n) is 1.71. The van der Waals surface area contributed by atoms with Gasteiger partial charge in [-0.15, -0.1) is 0 Å². The Morgan fingerprint density at radius 1 is 1.43 bits per heavy atom. The summed E-state index contributed by atoms with van der Waals surface area (Å²) in [6, 6.07) is 4.55. The first-order chi connectivity index (χ1) is 6.50. The van der Waals surface area contributed by atoms with Crippen LogP contribution in [0.1, 0.15) is 5.56 Å². The molecule has 0 aromatic heterocycles. The first-order valence-corrected chi connectivity index (χ1v) is 4.66. The molecular formula is C8H8BBrO4. The lowest BCUT2D eigenvalue weighted by atomic mass is 9.79. The van der Waals surface area contributed by atoms with Crippen LogP contribution in [-0.4, -0.2) is 28.2 Å². The molecule has 0 bridgehead atoms. The maximum atomic E-state index is 10.5. The van der Waals surface area contributed by atoms with Crippen molar-refractivity contribution in [2.75, 3.05) is 0 Å². The lowest BCUT2D eigenvalue weighted by Gasteiger charge is -2.04. The Kier molecular flexibility index (Phi) is 3.68. The smallest absolute Gasteiger partial charge is 0.481 e. The van der Waals surface area contributed by atoms with Crippen molar-refractivity contribution in [3.8, 4) is 0 Å². The van der Waals surface area contributed by atoms with Crippen LogP contribution < -0.4 is 5.46 Å². The molecule has 1 rings (SSSR count). The average molecular weight is 259 g/mol. The van der Waals surface area contributed by atoms with Gasteiger partial charge in [-0.05, 0) is 17.1 Å². The van der Waals surface area contributed by atoms with Gasteiger partial charge in [0, 0.05) is 4.47 Å². The van der Waals surface area contributed by atoms with Crippen molar-refractivity contribution in [3.63, 3.8) is 0 Å². The molecule has 0 unspecified atom stereocenters. The van der Waals surface area contributed by atoms with Gasteiger partial charge in [0.2, 0.25) is 0 Å². The van der Waals surface area contributed by atoms with Gasteiger partial charge in [-0.3, -0.25) is 4.79 Å². The topological polar surface area (TPSA) is 77.8 Å². The zero-order chi connectivity index (χ0) is 10.7. The second-order valence-electron chi connectivity index (χ2n) is 2.80. The van der Waals surface area contributed by atoms with Crippen LogP contribution in [0.3, 0.4) is 0 Å². The van der Waals surface area contributed by atoms with Gasteiger partial charge in [0.15, 0.2) is 0 Å². The number of hydrogen-bond donors (Lipinski definition) is 3. The second kappa shape index (κ2) is 4.59. The van der Waals surface area contributed by atoms with E-state index in [0.29, 0.717) is 10.0 Å². The first kappa shape index (κ1) is 11.2. The normalized spacial score (nSPS) is 9.93. The standard InChI is InChI=1S/C8H8BBrO4/c10-7-2-1-6(9(13)14)3-5(7)4-8(11)12/h1-3,13-14H,4H2,(H,11,12). The number of hydrogen-bond acceptors (Lipinski definition) is 3. The molecule has 1 aromatic carbocycles. The molecule has 74 valence electrons. The molecule has 1 aromatic rings. The van der Waals surface area contributed by atoms with Crippen molar-refractivity contribution in [2.24, 2.45) is 0 Å². The summed E-state index contributed by atoms with van der Waals surface area (Å²) in [7, 11) is -1.57. The van der Waals surface area contributed by atoms with Crippen molar-refractivity contribution in [1.29, 1.82) is 0 Å². The summed E-state index contributed by atoms with van der Waals surface area (Å²) in [5.74, 6) is -0.963. The molecule has 3 N–H and O–H groups in total. The van der Waals surface area contributed by atoms with Gasteiger partial charge in [0.1, 0.15) is 0 Å². The Hall–Kier alpha value is -0.845. The molecular weight excluding hydrogens is 251 g/mol. The minimum atomic E-state index is -1.57. The van der Waals surface area contributed by atoms with Gasteiger partial charge >= 0.3 is 13.1 Å². The third kappa shape index (κ3) is 2.83. The van der Waals surface area contributed by atoms with Crippen LogP contribution in [0, 0.1) is 0 Å². The van der Waals surface area contributed by atoms with E-state index in [2.05, 4.69) is 15.9 Å². The molecule has 6 heteroatoms. The van der Waals surface area contributed by atoms with E-state index in [0.717, 1.165) is 0 Å². The van der Waals surface area contributed by atoms with Crippen LogP contribution in [-0.2, 0) is 11.2 Å². The second-order valence-corrected chi connectivity index (χ2v) is 3.65. The Labute approximate surface area is 89.5 Å². The molecule has 0 atom stereocenters. The molecule has 0 aliphatic rings. The summed E-state index contributed by atoms with van der Waals surface area (Å²) in [5.41, 5.74) is 0.799. The zero-order valence-corrected chi connectivity index (χ0v) is 8.73. The van der Waals surface area contributed by atoms with Crippen LogP contribution in [0.15, 0.2) is 22.7 Å². The van der Waals surface area contributed by atoms with E-state index in [1.54, 1.807) is 6.07 Å². The molecule has 0 fully saturated rings. The fourth-order valence-electron chi connectivity index (χ4n) is 1.05. The number of halogens is 1. The largest absolute Gasteiger partial charge is 0.488 e. The molecule has 0 aliphatic heterocycles. The highest BCUT2D eigenvalue weighted by atomic mass is 79.9. The van der Waals surface area contributed by atoms with Crippen molar-refractivity contribution in [2.45, 2.75) is 6.42 Å². The minimum absolute atomic E-state index is 0.152. The Bertz CT molecular complexity index is 353. The molecule has 14 heavy (non-hydrogen) atoms. The molecule has 0 saturated carbocycles. The van der Waals surface area contributed by atoms with E-state index in [1.807, 2.05) is 0 Å². The Morgan fingerprint density at radius 3 is 2.57 bits per heavy atom. The number of benzene rings is 1. The van der Waals surface area contributed by atoms with Crippen LogP contribution in [0.25, 0.3) is 0 Å². The SMILES string of the molecule is O=C(O)Cc1cc(B(O)O)ccc1Br. The number of carboxylic acids is 1. The maximum Gasteiger partial charge on any atom is 0.488 e. The number of rotatable bonds is 3. The summed E-state index contributed by atoms with van der Waals surface area (Å²) < 4.78 is 0.643. The van der Waals surface area contributed by atoms with E-state index in [-0.39, 0.29) is 11.9 Å². The summed E-state index contributed by atoms with van der Waals surface area (Å²) in [6.45, 7) is 0. The van der Waals surface area contributed by atoms with Gasteiger partial charge in [0.05, 0.1) is 6.42 Å². The highest BCUT2D eigenvalue weighted by Crippen LogP contribution is 2.15. The molecule has 4 nitrogen and oxygen atoms in total. The molecule has 0 aliphatic carbocycles. The van der Waals surface area contributed by atoms with Crippen molar-refractivity contribution in [3.05, 3.63) is 28.2 Å². The van der Waals surface area contributed by atoms with E-state index < -0.39 is 13.1 Å². The monoisotopic (exact) mass is 258 g/mol. The summed E-state index contributed by atoms with van der Waals surface area (Å²) >= 11 is 3.18. The third-order valence-corrected chi connectivity index (χ3v) is 2.48. The lowest BCUT2D eigenvalue weighted by molar-refractivity contribution is -0.136. The maximum absolute atomic E-state index is 10.5. The van der Waals surface area contributed by atoms with Crippen molar-refractivity contribution in [1.82, 2.24) is 0 Å². The quantitative estimate of drug-likeness (QED) is 0.654. The van der Waals surface area contributed by atoms with Gasteiger partial charge < -0.3 is 15.2 Å².